The van der Waals surface area contributed by atoms with Crippen LogP contribution < -0.4 is 5.32 Å². The van der Waals surface area contributed by atoms with Crippen LogP contribution in [-0.4, -0.2) is 20.6 Å². The lowest BCUT2D eigenvalue weighted by Gasteiger charge is -2.09. The lowest BCUT2D eigenvalue weighted by atomic mass is 10.2. The van der Waals surface area contributed by atoms with Crippen LogP contribution in [-0.2, 0) is 17.5 Å². The summed E-state index contributed by atoms with van der Waals surface area (Å²) in [7, 11) is 0. The van der Waals surface area contributed by atoms with Gasteiger partial charge in [0.15, 0.2) is 5.69 Å². The van der Waals surface area contributed by atoms with E-state index in [1.807, 2.05) is 0 Å². The van der Waals surface area contributed by atoms with Gasteiger partial charge in [-0.15, -0.1) is 0 Å². The monoisotopic (exact) mass is 402 g/mol. The van der Waals surface area contributed by atoms with E-state index in [9.17, 15) is 28.1 Å². The minimum atomic E-state index is -4.55. The molecule has 0 bridgehead atoms. The number of halogens is 4. The highest BCUT2D eigenvalue weighted by Gasteiger charge is 2.37. The van der Waals surface area contributed by atoms with E-state index in [2.05, 4.69) is 10.4 Å². The Hall–Kier alpha value is -2.62. The molecule has 0 aliphatic heterocycles. The van der Waals surface area contributed by atoms with Crippen LogP contribution in [0.3, 0.4) is 0 Å². The van der Waals surface area contributed by atoms with Crippen LogP contribution in [0.15, 0.2) is 24.3 Å². The molecule has 0 saturated heterocycles. The Labute approximate surface area is 156 Å². The third-order valence-electron chi connectivity index (χ3n) is 4.08. The van der Waals surface area contributed by atoms with Gasteiger partial charge in [-0.2, -0.15) is 18.3 Å². The zero-order valence-electron chi connectivity index (χ0n) is 13.8. The predicted molar refractivity (Wildman–Crippen MR) is 90.6 cm³/mol. The first kappa shape index (κ1) is 19.2. The number of aryl methyl sites for hydroxylation is 1. The minimum absolute atomic E-state index is 0.0304. The van der Waals surface area contributed by atoms with Gasteiger partial charge < -0.3 is 5.32 Å². The molecule has 0 unspecified atom stereocenters. The average molecular weight is 403 g/mol. The molecule has 144 valence electrons. The second-order valence-corrected chi connectivity index (χ2v) is 6.58. The van der Waals surface area contributed by atoms with Crippen molar-refractivity contribution in [3.63, 3.8) is 0 Å². The maximum atomic E-state index is 12.9. The highest BCUT2D eigenvalue weighted by molar-refractivity contribution is 6.33. The number of aromatic nitrogens is 2. The van der Waals surface area contributed by atoms with Crippen LogP contribution in [0.1, 0.15) is 36.6 Å². The molecule has 11 heteroatoms. The summed E-state index contributed by atoms with van der Waals surface area (Å²) in [5.41, 5.74) is -0.697. The van der Waals surface area contributed by atoms with Crippen molar-refractivity contribution in [2.45, 2.75) is 37.9 Å². The molecule has 0 atom stereocenters. The van der Waals surface area contributed by atoms with Crippen molar-refractivity contribution >= 4 is 28.9 Å². The number of carbonyl (C=O) groups is 1. The average Bonchev–Trinajstić information content (AvgIpc) is 3.32. The van der Waals surface area contributed by atoms with Crippen molar-refractivity contribution in [2.75, 3.05) is 5.32 Å². The van der Waals surface area contributed by atoms with E-state index in [1.165, 1.54) is 16.8 Å². The summed E-state index contributed by atoms with van der Waals surface area (Å²) in [6.07, 6.45) is -3.12. The summed E-state index contributed by atoms with van der Waals surface area (Å²) in [4.78, 5) is 22.3. The number of non-ortho nitro benzene ring substituents is 1. The van der Waals surface area contributed by atoms with E-state index >= 15 is 0 Å². The van der Waals surface area contributed by atoms with Gasteiger partial charge in [0, 0.05) is 36.7 Å². The molecule has 7 nitrogen and oxygen atoms in total. The maximum Gasteiger partial charge on any atom is 0.435 e. The van der Waals surface area contributed by atoms with Gasteiger partial charge in [0.1, 0.15) is 0 Å². The van der Waals surface area contributed by atoms with E-state index < -0.39 is 22.7 Å². The zero-order valence-corrected chi connectivity index (χ0v) is 14.5. The molecule has 2 aromatic rings. The van der Waals surface area contributed by atoms with Crippen LogP contribution in [0.4, 0.5) is 24.5 Å². The lowest BCUT2D eigenvalue weighted by molar-refractivity contribution is -0.384. The van der Waals surface area contributed by atoms with Crippen LogP contribution in [0, 0.1) is 10.1 Å². The quantitative estimate of drug-likeness (QED) is 0.573. The number of rotatable bonds is 6. The molecule has 1 fully saturated rings. The summed E-state index contributed by atoms with van der Waals surface area (Å²) in [6, 6.07) is 4.62. The van der Waals surface area contributed by atoms with Crippen molar-refractivity contribution in [2.24, 2.45) is 0 Å². The summed E-state index contributed by atoms with van der Waals surface area (Å²) in [6.45, 7) is -0.0414. The Morgan fingerprint density at radius 2 is 2.07 bits per heavy atom. The summed E-state index contributed by atoms with van der Waals surface area (Å²) >= 11 is 5.91. The number of hydrogen-bond acceptors (Lipinski definition) is 4. The fourth-order valence-corrected chi connectivity index (χ4v) is 2.76. The first-order valence-corrected chi connectivity index (χ1v) is 8.41. The Morgan fingerprint density at radius 3 is 2.67 bits per heavy atom. The molecule has 27 heavy (non-hydrogen) atoms. The Balaban J connectivity index is 1.69. The largest absolute Gasteiger partial charge is 0.435 e. The molecule has 1 saturated carbocycles. The number of benzene rings is 1. The molecule has 1 N–H and O–H groups in total. The van der Waals surface area contributed by atoms with E-state index in [4.69, 9.17) is 11.6 Å². The second-order valence-electron chi connectivity index (χ2n) is 6.17. The third kappa shape index (κ3) is 4.57. The number of nitrogens with one attached hydrogen (secondary N) is 1. The van der Waals surface area contributed by atoms with E-state index in [0.29, 0.717) is 5.69 Å². The SMILES string of the molecule is O=C(CCn1nc(C(F)(F)F)cc1C1CC1)Nc1cc([N+](=O)[O-])ccc1Cl. The zero-order chi connectivity index (χ0) is 19.8. The molecular weight excluding hydrogens is 389 g/mol. The van der Waals surface area contributed by atoms with Crippen molar-refractivity contribution in [1.29, 1.82) is 0 Å². The highest BCUT2D eigenvalue weighted by Crippen LogP contribution is 2.42. The Morgan fingerprint density at radius 1 is 1.37 bits per heavy atom. The number of nitro groups is 1. The molecular formula is C16H14ClF3N4O3. The third-order valence-corrected chi connectivity index (χ3v) is 4.41. The normalized spacial score (nSPS) is 14.2. The molecule has 1 aliphatic carbocycles. The van der Waals surface area contributed by atoms with Crippen molar-refractivity contribution in [3.8, 4) is 0 Å². The van der Waals surface area contributed by atoms with Gasteiger partial charge in [0.05, 0.1) is 15.6 Å². The van der Waals surface area contributed by atoms with Gasteiger partial charge in [-0.05, 0) is 25.0 Å². The first-order valence-electron chi connectivity index (χ1n) is 8.04. The first-order chi connectivity index (χ1) is 12.6. The van der Waals surface area contributed by atoms with Gasteiger partial charge in [-0.25, -0.2) is 0 Å². The van der Waals surface area contributed by atoms with Crippen molar-refractivity contribution in [1.82, 2.24) is 9.78 Å². The molecule has 1 heterocycles. The Bertz CT molecular complexity index is 894. The van der Waals surface area contributed by atoms with Crippen LogP contribution in [0.5, 0.6) is 0 Å². The lowest BCUT2D eigenvalue weighted by Crippen LogP contribution is -2.17. The predicted octanol–water partition coefficient (Wildman–Crippen LogP) is 4.37. The van der Waals surface area contributed by atoms with Crippen molar-refractivity contribution in [3.05, 3.63) is 50.8 Å². The number of nitro benzene ring substituents is 1. The standard InChI is InChI=1S/C16H14ClF3N4O3/c17-11-4-3-10(24(26)27)7-12(11)21-15(25)5-6-23-13(9-1-2-9)8-14(22-23)16(18,19)20/h3-4,7-9H,1-2,5-6H2,(H,21,25). The molecule has 0 radical (unpaired) electrons. The van der Waals surface area contributed by atoms with Gasteiger partial charge in [0.2, 0.25) is 5.91 Å². The fraction of sp³-hybridized carbons (Fsp3) is 0.375. The molecule has 1 aliphatic rings. The summed E-state index contributed by atoms with van der Waals surface area (Å²) in [5.74, 6) is -0.508. The van der Waals surface area contributed by atoms with Crippen molar-refractivity contribution < 1.29 is 22.9 Å². The maximum absolute atomic E-state index is 12.9. The molecule has 1 aromatic heterocycles. The number of carbonyl (C=O) groups excluding carboxylic acids is 1. The fourth-order valence-electron chi connectivity index (χ4n) is 2.60. The summed E-state index contributed by atoms with van der Waals surface area (Å²) < 4.78 is 39.8. The Kier molecular flexibility index (Phi) is 5.09. The number of alkyl halides is 3. The second kappa shape index (κ2) is 7.18. The molecule has 0 spiro atoms. The highest BCUT2D eigenvalue weighted by atomic mass is 35.5. The smallest absolute Gasteiger partial charge is 0.325 e. The molecule has 1 amide bonds. The van der Waals surface area contributed by atoms with Gasteiger partial charge in [0.25, 0.3) is 5.69 Å². The molecule has 1 aromatic carbocycles. The van der Waals surface area contributed by atoms with Crippen LogP contribution >= 0.6 is 11.6 Å². The van der Waals surface area contributed by atoms with Crippen LogP contribution in [0.2, 0.25) is 5.02 Å². The van der Waals surface area contributed by atoms with Gasteiger partial charge >= 0.3 is 6.18 Å². The van der Waals surface area contributed by atoms with Crippen LogP contribution in [0.25, 0.3) is 0 Å². The topological polar surface area (TPSA) is 90.1 Å². The number of hydrogen-bond donors (Lipinski definition) is 1. The number of anilines is 1. The van der Waals surface area contributed by atoms with Gasteiger partial charge in [-0.3, -0.25) is 19.6 Å². The number of amides is 1. The van der Waals surface area contributed by atoms with Gasteiger partial charge in [-0.1, -0.05) is 11.6 Å². The minimum Gasteiger partial charge on any atom is -0.325 e. The van der Waals surface area contributed by atoms with E-state index in [0.717, 1.165) is 25.0 Å². The summed E-state index contributed by atoms with van der Waals surface area (Å²) in [5, 5.41) is 16.9. The van der Waals surface area contributed by atoms with E-state index in [-0.39, 0.29) is 35.3 Å². The molecule has 3 rings (SSSR count). The van der Waals surface area contributed by atoms with E-state index in [1.54, 1.807) is 0 Å². The number of nitrogens with zero attached hydrogens (tertiary/aromatic N) is 3.